The molecule has 1 fully saturated rings. The first-order chi connectivity index (χ1) is 5.33. The third-order valence-electron chi connectivity index (χ3n) is 2.17. The van der Waals surface area contributed by atoms with Gasteiger partial charge in [-0.25, -0.2) is 0 Å². The second kappa shape index (κ2) is 4.32. The molecule has 0 unspecified atom stereocenters. The van der Waals surface area contributed by atoms with E-state index in [0.717, 1.165) is 25.7 Å². The van der Waals surface area contributed by atoms with Crippen molar-refractivity contribution in [3.8, 4) is 6.07 Å². The molecule has 11 heavy (non-hydrogen) atoms. The summed E-state index contributed by atoms with van der Waals surface area (Å²) in [4.78, 5) is 0. The van der Waals surface area contributed by atoms with Gasteiger partial charge in [0.25, 0.3) is 0 Å². The second-order valence-corrected chi connectivity index (χ2v) is 3.04. The minimum absolute atomic E-state index is 0.102. The lowest BCUT2D eigenvalue weighted by Gasteiger charge is -2.25. The van der Waals surface area contributed by atoms with Crippen LogP contribution in [0, 0.1) is 11.3 Å². The van der Waals surface area contributed by atoms with E-state index in [9.17, 15) is 0 Å². The molecule has 1 rings (SSSR count). The zero-order valence-corrected chi connectivity index (χ0v) is 6.58. The van der Waals surface area contributed by atoms with E-state index in [2.05, 4.69) is 11.4 Å². The maximum atomic E-state index is 9.16. The van der Waals surface area contributed by atoms with Gasteiger partial charge < -0.3 is 10.4 Å². The number of aliphatic hydroxyl groups excluding tert-OH is 1. The summed E-state index contributed by atoms with van der Waals surface area (Å²) < 4.78 is 0. The normalized spacial score (nSPS) is 31.3. The fourth-order valence-corrected chi connectivity index (χ4v) is 1.47. The molecule has 0 aliphatic heterocycles. The lowest BCUT2D eigenvalue weighted by molar-refractivity contribution is 0.117. The van der Waals surface area contributed by atoms with E-state index in [1.807, 2.05) is 0 Å². The summed E-state index contributed by atoms with van der Waals surface area (Å²) in [6.45, 7) is 0.431. The first kappa shape index (κ1) is 8.51. The van der Waals surface area contributed by atoms with Crippen molar-refractivity contribution in [3.63, 3.8) is 0 Å². The Morgan fingerprint density at radius 1 is 1.36 bits per heavy atom. The lowest BCUT2D eigenvalue weighted by Crippen LogP contribution is -2.34. The molecule has 0 saturated heterocycles. The maximum absolute atomic E-state index is 9.16. The number of nitriles is 1. The molecule has 62 valence electrons. The molecule has 1 aliphatic rings. The average molecular weight is 154 g/mol. The number of nitrogens with one attached hydrogen (secondary N) is 1. The van der Waals surface area contributed by atoms with Crippen molar-refractivity contribution in [2.75, 3.05) is 6.54 Å². The fourth-order valence-electron chi connectivity index (χ4n) is 1.47. The van der Waals surface area contributed by atoms with Gasteiger partial charge in [0, 0.05) is 6.04 Å². The van der Waals surface area contributed by atoms with Gasteiger partial charge in [-0.1, -0.05) is 0 Å². The van der Waals surface area contributed by atoms with Crippen LogP contribution in [0.25, 0.3) is 0 Å². The summed E-state index contributed by atoms with van der Waals surface area (Å²) in [5.41, 5.74) is 0. The van der Waals surface area contributed by atoms with Gasteiger partial charge in [-0.3, -0.25) is 0 Å². The van der Waals surface area contributed by atoms with Crippen molar-refractivity contribution >= 4 is 0 Å². The molecular weight excluding hydrogens is 140 g/mol. The average Bonchev–Trinajstić information content (AvgIpc) is 2.04. The SMILES string of the molecule is N#CCNC1CCC(O)CC1. The van der Waals surface area contributed by atoms with Crippen LogP contribution < -0.4 is 5.32 Å². The fraction of sp³-hybridized carbons (Fsp3) is 0.875. The van der Waals surface area contributed by atoms with Crippen molar-refractivity contribution in [2.24, 2.45) is 0 Å². The largest absolute Gasteiger partial charge is 0.393 e. The molecule has 2 N–H and O–H groups in total. The van der Waals surface area contributed by atoms with Crippen molar-refractivity contribution in [1.29, 1.82) is 5.26 Å². The van der Waals surface area contributed by atoms with Crippen molar-refractivity contribution in [2.45, 2.75) is 37.8 Å². The molecular formula is C8H14N2O. The van der Waals surface area contributed by atoms with Gasteiger partial charge in [0.05, 0.1) is 18.7 Å². The molecule has 1 aliphatic carbocycles. The molecule has 3 nitrogen and oxygen atoms in total. The molecule has 0 radical (unpaired) electrons. The number of nitrogens with zero attached hydrogens (tertiary/aromatic N) is 1. The van der Waals surface area contributed by atoms with E-state index < -0.39 is 0 Å². The Kier molecular flexibility index (Phi) is 3.34. The minimum atomic E-state index is -0.102. The maximum Gasteiger partial charge on any atom is 0.0843 e. The summed E-state index contributed by atoms with van der Waals surface area (Å²) in [6, 6.07) is 2.51. The molecule has 0 aromatic carbocycles. The number of hydrogen-bond donors (Lipinski definition) is 2. The van der Waals surface area contributed by atoms with Crippen molar-refractivity contribution < 1.29 is 5.11 Å². The van der Waals surface area contributed by atoms with Crippen LogP contribution in [0.1, 0.15) is 25.7 Å². The molecule has 1 saturated carbocycles. The first-order valence-corrected chi connectivity index (χ1v) is 4.11. The Balaban J connectivity index is 2.13. The summed E-state index contributed by atoms with van der Waals surface area (Å²) in [5.74, 6) is 0. The van der Waals surface area contributed by atoms with Gasteiger partial charge in [0.2, 0.25) is 0 Å². The minimum Gasteiger partial charge on any atom is -0.393 e. The standard InChI is InChI=1S/C8H14N2O/c9-5-6-10-7-1-3-8(11)4-2-7/h7-8,10-11H,1-4,6H2. The smallest absolute Gasteiger partial charge is 0.0843 e. The van der Waals surface area contributed by atoms with Crippen LogP contribution in [-0.2, 0) is 0 Å². The molecule has 0 heterocycles. The van der Waals surface area contributed by atoms with Gasteiger partial charge >= 0.3 is 0 Å². The monoisotopic (exact) mass is 154 g/mol. The summed E-state index contributed by atoms with van der Waals surface area (Å²) in [6.07, 6.45) is 3.66. The highest BCUT2D eigenvalue weighted by Gasteiger charge is 2.17. The van der Waals surface area contributed by atoms with Gasteiger partial charge in [-0.15, -0.1) is 0 Å². The van der Waals surface area contributed by atoms with Crippen LogP contribution in [0.3, 0.4) is 0 Å². The van der Waals surface area contributed by atoms with Gasteiger partial charge in [0.1, 0.15) is 0 Å². The van der Waals surface area contributed by atoms with Gasteiger partial charge in [-0.05, 0) is 25.7 Å². The second-order valence-electron chi connectivity index (χ2n) is 3.04. The molecule has 0 atom stereocenters. The van der Waals surface area contributed by atoms with E-state index in [1.54, 1.807) is 0 Å². The van der Waals surface area contributed by atoms with Crippen LogP contribution in [0.4, 0.5) is 0 Å². The van der Waals surface area contributed by atoms with Crippen LogP contribution in [0.2, 0.25) is 0 Å². The van der Waals surface area contributed by atoms with E-state index in [-0.39, 0.29) is 6.10 Å². The molecule has 0 amide bonds. The predicted molar refractivity (Wildman–Crippen MR) is 41.9 cm³/mol. The molecule has 0 aromatic rings. The lowest BCUT2D eigenvalue weighted by atomic mass is 9.93. The topological polar surface area (TPSA) is 56.0 Å². The summed E-state index contributed by atoms with van der Waals surface area (Å²) in [7, 11) is 0. The van der Waals surface area contributed by atoms with Crippen LogP contribution in [0.5, 0.6) is 0 Å². The predicted octanol–water partition coefficient (Wildman–Crippen LogP) is 0.403. The van der Waals surface area contributed by atoms with Gasteiger partial charge in [0.15, 0.2) is 0 Å². The Morgan fingerprint density at radius 3 is 2.55 bits per heavy atom. The zero-order chi connectivity index (χ0) is 8.10. The highest BCUT2D eigenvalue weighted by molar-refractivity contribution is 4.81. The van der Waals surface area contributed by atoms with Crippen molar-refractivity contribution in [3.05, 3.63) is 0 Å². The summed E-state index contributed by atoms with van der Waals surface area (Å²) >= 11 is 0. The Labute approximate surface area is 67.0 Å². The van der Waals surface area contributed by atoms with Crippen LogP contribution in [0.15, 0.2) is 0 Å². The number of aliphatic hydroxyl groups is 1. The highest BCUT2D eigenvalue weighted by Crippen LogP contribution is 2.17. The van der Waals surface area contributed by atoms with E-state index in [1.165, 1.54) is 0 Å². The molecule has 0 aromatic heterocycles. The van der Waals surface area contributed by atoms with E-state index in [4.69, 9.17) is 10.4 Å². The Morgan fingerprint density at radius 2 is 2.00 bits per heavy atom. The molecule has 0 bridgehead atoms. The first-order valence-electron chi connectivity index (χ1n) is 4.11. The molecule has 0 spiro atoms. The quantitative estimate of drug-likeness (QED) is 0.566. The third-order valence-corrected chi connectivity index (χ3v) is 2.17. The van der Waals surface area contributed by atoms with Gasteiger partial charge in [-0.2, -0.15) is 5.26 Å². The third kappa shape index (κ3) is 2.87. The van der Waals surface area contributed by atoms with E-state index in [0.29, 0.717) is 12.6 Å². The zero-order valence-electron chi connectivity index (χ0n) is 6.58. The number of rotatable bonds is 2. The van der Waals surface area contributed by atoms with Crippen LogP contribution in [-0.4, -0.2) is 23.8 Å². The Hall–Kier alpha value is -0.590. The highest BCUT2D eigenvalue weighted by atomic mass is 16.3. The molecule has 3 heteroatoms. The van der Waals surface area contributed by atoms with Crippen LogP contribution >= 0.6 is 0 Å². The Bertz CT molecular complexity index is 145. The summed E-state index contributed by atoms with van der Waals surface area (Å²) in [5, 5.41) is 20.6. The van der Waals surface area contributed by atoms with Crippen molar-refractivity contribution in [1.82, 2.24) is 5.32 Å². The van der Waals surface area contributed by atoms with E-state index >= 15 is 0 Å². The number of hydrogen-bond acceptors (Lipinski definition) is 3.